The molecule has 3 nitrogen and oxygen atoms in total. The number of fused-ring (bicyclic) bond motifs is 1. The van der Waals surface area contributed by atoms with Crippen molar-refractivity contribution in [1.82, 2.24) is 4.98 Å². The summed E-state index contributed by atoms with van der Waals surface area (Å²) in [6.07, 6.45) is 0. The molecule has 0 aliphatic heterocycles. The quantitative estimate of drug-likeness (QED) is 0.764. The largest absolute Gasteiger partial charge is 0.478 e. The van der Waals surface area contributed by atoms with Crippen LogP contribution in [0.15, 0.2) is 35.0 Å². The maximum atomic E-state index is 11.1. The molecule has 0 amide bonds. The number of thiazole rings is 1. The van der Waals surface area contributed by atoms with E-state index < -0.39 is 5.97 Å². The lowest BCUT2D eigenvalue weighted by Gasteiger charge is -1.93. The first-order valence-corrected chi connectivity index (χ1v) is 6.67. The minimum absolute atomic E-state index is 0.328. The van der Waals surface area contributed by atoms with E-state index in [4.69, 9.17) is 5.11 Å². The van der Waals surface area contributed by atoms with E-state index in [2.05, 4.69) is 4.98 Å². The Morgan fingerprint density at radius 3 is 2.82 bits per heavy atom. The number of benzene rings is 1. The SMILES string of the molecule is O=C(O)c1cscc1-c1nc2ccccc2s1. The average molecular weight is 261 g/mol. The Hall–Kier alpha value is -1.72. The molecule has 0 aliphatic carbocycles. The number of thiophene rings is 1. The van der Waals surface area contributed by atoms with E-state index in [9.17, 15) is 4.79 Å². The zero-order valence-corrected chi connectivity index (χ0v) is 10.2. The fourth-order valence-corrected chi connectivity index (χ4v) is 3.49. The van der Waals surface area contributed by atoms with Gasteiger partial charge in [-0.1, -0.05) is 12.1 Å². The van der Waals surface area contributed by atoms with Crippen LogP contribution in [0, 0.1) is 0 Å². The van der Waals surface area contributed by atoms with Gasteiger partial charge in [0.1, 0.15) is 5.01 Å². The van der Waals surface area contributed by atoms with Gasteiger partial charge in [0.15, 0.2) is 0 Å². The zero-order chi connectivity index (χ0) is 11.8. The van der Waals surface area contributed by atoms with Crippen LogP contribution in [0.3, 0.4) is 0 Å². The molecule has 5 heteroatoms. The number of para-hydroxylation sites is 1. The Morgan fingerprint density at radius 2 is 2.06 bits per heavy atom. The molecular weight excluding hydrogens is 254 g/mol. The van der Waals surface area contributed by atoms with Crippen LogP contribution in [-0.2, 0) is 0 Å². The van der Waals surface area contributed by atoms with Crippen molar-refractivity contribution in [2.75, 3.05) is 0 Å². The summed E-state index contributed by atoms with van der Waals surface area (Å²) < 4.78 is 1.07. The molecule has 0 atom stereocenters. The Bertz CT molecular complexity index is 666. The summed E-state index contributed by atoms with van der Waals surface area (Å²) in [6, 6.07) is 7.80. The number of carbonyl (C=O) groups is 1. The van der Waals surface area contributed by atoms with Gasteiger partial charge in [-0.05, 0) is 12.1 Å². The number of nitrogens with zero attached hydrogens (tertiary/aromatic N) is 1. The molecule has 17 heavy (non-hydrogen) atoms. The fraction of sp³-hybridized carbons (Fsp3) is 0. The smallest absolute Gasteiger partial charge is 0.337 e. The standard InChI is InChI=1S/C12H7NO2S2/c14-12(15)8-6-16-5-7(8)11-13-9-3-1-2-4-10(9)17-11/h1-6H,(H,14,15). The first-order valence-electron chi connectivity index (χ1n) is 4.91. The van der Waals surface area contributed by atoms with Crippen LogP contribution >= 0.6 is 22.7 Å². The second kappa shape index (κ2) is 3.94. The van der Waals surface area contributed by atoms with Crippen molar-refractivity contribution < 1.29 is 9.90 Å². The molecule has 0 radical (unpaired) electrons. The number of hydrogen-bond donors (Lipinski definition) is 1. The van der Waals surface area contributed by atoms with Gasteiger partial charge in [-0.2, -0.15) is 11.3 Å². The second-order valence-corrected chi connectivity index (χ2v) is 5.27. The Labute approximate surface area is 105 Å². The van der Waals surface area contributed by atoms with Crippen LogP contribution in [0.25, 0.3) is 20.8 Å². The summed E-state index contributed by atoms with van der Waals surface area (Å²) in [4.78, 5) is 15.5. The van der Waals surface area contributed by atoms with Crippen LogP contribution in [0.5, 0.6) is 0 Å². The van der Waals surface area contributed by atoms with Gasteiger partial charge < -0.3 is 5.11 Å². The fourth-order valence-electron chi connectivity index (χ4n) is 1.62. The molecule has 3 aromatic rings. The predicted octanol–water partition coefficient (Wildman–Crippen LogP) is 3.72. The summed E-state index contributed by atoms with van der Waals surface area (Å²) >= 11 is 2.90. The van der Waals surface area contributed by atoms with Crippen LogP contribution in [-0.4, -0.2) is 16.1 Å². The molecule has 0 saturated carbocycles. The molecule has 84 valence electrons. The lowest BCUT2D eigenvalue weighted by molar-refractivity contribution is 0.0698. The van der Waals surface area contributed by atoms with Gasteiger partial charge in [0, 0.05) is 16.3 Å². The number of carboxylic acid groups (broad SMARTS) is 1. The molecule has 1 aromatic carbocycles. The minimum Gasteiger partial charge on any atom is -0.478 e. The predicted molar refractivity (Wildman–Crippen MR) is 69.9 cm³/mol. The second-order valence-electron chi connectivity index (χ2n) is 3.49. The highest BCUT2D eigenvalue weighted by molar-refractivity contribution is 7.22. The normalized spacial score (nSPS) is 10.8. The zero-order valence-electron chi connectivity index (χ0n) is 8.58. The molecule has 0 fully saturated rings. The highest BCUT2D eigenvalue weighted by atomic mass is 32.1. The van der Waals surface area contributed by atoms with Gasteiger partial charge in [-0.15, -0.1) is 11.3 Å². The van der Waals surface area contributed by atoms with E-state index in [0.717, 1.165) is 15.2 Å². The van der Waals surface area contributed by atoms with Gasteiger partial charge in [0.25, 0.3) is 0 Å². The number of hydrogen-bond acceptors (Lipinski definition) is 4. The average Bonchev–Trinajstić information content (AvgIpc) is 2.95. The topological polar surface area (TPSA) is 50.2 Å². The number of aromatic nitrogens is 1. The van der Waals surface area contributed by atoms with Gasteiger partial charge >= 0.3 is 5.97 Å². The van der Waals surface area contributed by atoms with Crippen LogP contribution < -0.4 is 0 Å². The van der Waals surface area contributed by atoms with E-state index in [1.807, 2.05) is 29.6 Å². The summed E-state index contributed by atoms with van der Waals surface area (Å²) in [6.45, 7) is 0. The molecule has 0 bridgehead atoms. The highest BCUT2D eigenvalue weighted by Crippen LogP contribution is 2.33. The number of aromatic carboxylic acids is 1. The van der Waals surface area contributed by atoms with E-state index in [1.54, 1.807) is 5.38 Å². The molecule has 2 aromatic heterocycles. The Morgan fingerprint density at radius 1 is 1.24 bits per heavy atom. The van der Waals surface area contributed by atoms with Gasteiger partial charge in [-0.3, -0.25) is 0 Å². The van der Waals surface area contributed by atoms with Gasteiger partial charge in [0.2, 0.25) is 0 Å². The van der Waals surface area contributed by atoms with Crippen LogP contribution in [0.4, 0.5) is 0 Å². The van der Waals surface area contributed by atoms with E-state index in [-0.39, 0.29) is 0 Å². The molecule has 2 heterocycles. The maximum Gasteiger partial charge on any atom is 0.337 e. The molecule has 0 unspecified atom stereocenters. The van der Waals surface area contributed by atoms with Crippen molar-refractivity contribution in [3.05, 3.63) is 40.6 Å². The molecule has 0 spiro atoms. The highest BCUT2D eigenvalue weighted by Gasteiger charge is 2.15. The number of rotatable bonds is 2. The molecular formula is C12H7NO2S2. The number of carboxylic acids is 1. The van der Waals surface area contributed by atoms with Crippen LogP contribution in [0.2, 0.25) is 0 Å². The first-order chi connectivity index (χ1) is 8.25. The third kappa shape index (κ3) is 1.73. The van der Waals surface area contributed by atoms with Crippen LogP contribution in [0.1, 0.15) is 10.4 Å². The van der Waals surface area contributed by atoms with Gasteiger partial charge in [-0.25, -0.2) is 9.78 Å². The summed E-state index contributed by atoms with van der Waals surface area (Å²) in [5, 5.41) is 13.3. The van der Waals surface area contributed by atoms with Crippen molar-refractivity contribution in [2.24, 2.45) is 0 Å². The third-order valence-corrected chi connectivity index (χ3v) is 4.23. The van der Waals surface area contributed by atoms with Crippen molar-refractivity contribution >= 4 is 38.9 Å². The minimum atomic E-state index is -0.902. The Kier molecular flexibility index (Phi) is 2.42. The summed E-state index contributed by atoms with van der Waals surface area (Å²) in [5.41, 5.74) is 1.95. The van der Waals surface area contributed by atoms with E-state index >= 15 is 0 Å². The van der Waals surface area contributed by atoms with E-state index in [0.29, 0.717) is 11.1 Å². The lowest BCUT2D eigenvalue weighted by atomic mass is 10.2. The monoisotopic (exact) mass is 261 g/mol. The lowest BCUT2D eigenvalue weighted by Crippen LogP contribution is -1.95. The van der Waals surface area contributed by atoms with Crippen molar-refractivity contribution in [2.45, 2.75) is 0 Å². The summed E-state index contributed by atoms with van der Waals surface area (Å²) in [5.74, 6) is -0.902. The molecule has 0 saturated heterocycles. The summed E-state index contributed by atoms with van der Waals surface area (Å²) in [7, 11) is 0. The van der Waals surface area contributed by atoms with Crippen molar-refractivity contribution in [3.8, 4) is 10.6 Å². The van der Waals surface area contributed by atoms with Gasteiger partial charge in [0.05, 0.1) is 15.8 Å². The first kappa shape index (κ1) is 10.4. The Balaban J connectivity index is 2.20. The molecule has 0 aliphatic rings. The van der Waals surface area contributed by atoms with Crippen molar-refractivity contribution in [3.63, 3.8) is 0 Å². The van der Waals surface area contributed by atoms with E-state index in [1.165, 1.54) is 22.7 Å². The maximum absolute atomic E-state index is 11.1. The third-order valence-electron chi connectivity index (χ3n) is 2.42. The van der Waals surface area contributed by atoms with Crippen molar-refractivity contribution in [1.29, 1.82) is 0 Å². The molecule has 3 rings (SSSR count). The molecule has 1 N–H and O–H groups in total.